The normalized spacial score (nSPS) is 10.3. The Kier molecular flexibility index (Phi) is 4.61. The largest absolute Gasteiger partial charge is 0.507 e. The predicted molar refractivity (Wildman–Crippen MR) is 78.6 cm³/mol. The number of halogens is 1. The van der Waals surface area contributed by atoms with Gasteiger partial charge in [0.25, 0.3) is 5.91 Å². The van der Waals surface area contributed by atoms with E-state index in [0.717, 1.165) is 11.1 Å². The number of carbonyl (C=O) groups is 1. The first kappa shape index (κ1) is 14.4. The highest BCUT2D eigenvalue weighted by Gasteiger charge is 2.11. The molecule has 1 amide bonds. The fourth-order valence-electron chi connectivity index (χ4n) is 1.90. The summed E-state index contributed by atoms with van der Waals surface area (Å²) in [6, 6.07) is 12.0. The van der Waals surface area contributed by atoms with E-state index in [1.165, 1.54) is 12.1 Å². The highest BCUT2D eigenvalue weighted by molar-refractivity contribution is 6.30. The molecular weight excluding hydrogens is 276 g/mol. The average Bonchev–Trinajstić information content (AvgIpc) is 2.45. The zero-order valence-corrected chi connectivity index (χ0v) is 11.5. The second kappa shape index (κ2) is 6.41. The van der Waals surface area contributed by atoms with Crippen LogP contribution in [0.3, 0.4) is 0 Å². The van der Waals surface area contributed by atoms with Crippen molar-refractivity contribution in [1.29, 1.82) is 0 Å². The van der Waals surface area contributed by atoms with Gasteiger partial charge in [-0.25, -0.2) is 0 Å². The van der Waals surface area contributed by atoms with Crippen LogP contribution in [0.1, 0.15) is 21.5 Å². The molecule has 0 aliphatic carbocycles. The Hall–Kier alpha value is -2.04. The molecule has 0 atom stereocenters. The quantitative estimate of drug-likeness (QED) is 0.809. The number of nitrogens with one attached hydrogen (secondary N) is 1. The number of nitrogens with two attached hydrogens (primary N) is 1. The number of amides is 1. The highest BCUT2D eigenvalue weighted by atomic mass is 35.5. The number of rotatable bonds is 4. The molecule has 2 aromatic carbocycles. The summed E-state index contributed by atoms with van der Waals surface area (Å²) in [4.78, 5) is 12.0. The van der Waals surface area contributed by atoms with Crippen LogP contribution >= 0.6 is 11.6 Å². The molecule has 4 N–H and O–H groups in total. The Morgan fingerprint density at radius 2 is 1.90 bits per heavy atom. The summed E-state index contributed by atoms with van der Waals surface area (Å²) in [5.74, 6) is -0.492. The van der Waals surface area contributed by atoms with E-state index in [1.54, 1.807) is 6.07 Å². The van der Waals surface area contributed by atoms with Gasteiger partial charge in [-0.05, 0) is 29.3 Å². The van der Waals surface area contributed by atoms with Gasteiger partial charge in [-0.1, -0.05) is 35.9 Å². The molecule has 0 radical (unpaired) electrons. The van der Waals surface area contributed by atoms with Crippen molar-refractivity contribution in [2.75, 3.05) is 0 Å². The predicted octanol–water partition coefficient (Wildman–Crippen LogP) is 2.43. The second-order valence-electron chi connectivity index (χ2n) is 4.32. The molecule has 0 heterocycles. The molecule has 4 nitrogen and oxygen atoms in total. The number of benzene rings is 2. The summed E-state index contributed by atoms with van der Waals surface area (Å²) < 4.78 is 0. The van der Waals surface area contributed by atoms with Gasteiger partial charge in [0.15, 0.2) is 0 Å². The second-order valence-corrected chi connectivity index (χ2v) is 4.75. The molecule has 0 aromatic heterocycles. The van der Waals surface area contributed by atoms with E-state index in [1.807, 2.05) is 24.3 Å². The van der Waals surface area contributed by atoms with Crippen LogP contribution < -0.4 is 11.1 Å². The maximum Gasteiger partial charge on any atom is 0.255 e. The van der Waals surface area contributed by atoms with Crippen molar-refractivity contribution in [2.24, 2.45) is 5.73 Å². The monoisotopic (exact) mass is 290 g/mol. The van der Waals surface area contributed by atoms with Gasteiger partial charge in [0, 0.05) is 18.1 Å². The molecule has 0 aliphatic heterocycles. The molecule has 2 aromatic rings. The first-order valence-corrected chi connectivity index (χ1v) is 6.53. The van der Waals surface area contributed by atoms with E-state index in [2.05, 4.69) is 5.32 Å². The third-order valence-electron chi connectivity index (χ3n) is 2.98. The summed E-state index contributed by atoms with van der Waals surface area (Å²) in [6.07, 6.45) is 0. The minimum atomic E-state index is -0.356. The number of carbonyl (C=O) groups excluding carboxylic acids is 1. The molecule has 0 spiro atoms. The zero-order chi connectivity index (χ0) is 14.5. The van der Waals surface area contributed by atoms with Gasteiger partial charge in [0.2, 0.25) is 0 Å². The van der Waals surface area contributed by atoms with Crippen molar-refractivity contribution >= 4 is 17.5 Å². The minimum absolute atomic E-state index is 0.137. The lowest BCUT2D eigenvalue weighted by atomic mass is 10.1. The Balaban J connectivity index is 2.09. The van der Waals surface area contributed by atoms with Crippen LogP contribution in [0.4, 0.5) is 0 Å². The molecule has 0 unspecified atom stereocenters. The molecular formula is C15H15ClN2O2. The van der Waals surface area contributed by atoms with Crippen LogP contribution in [0.2, 0.25) is 5.02 Å². The molecule has 5 heteroatoms. The van der Waals surface area contributed by atoms with Crippen LogP contribution in [-0.4, -0.2) is 11.0 Å². The van der Waals surface area contributed by atoms with E-state index < -0.39 is 0 Å². The van der Waals surface area contributed by atoms with Crippen LogP contribution in [0, 0.1) is 0 Å². The maximum absolute atomic E-state index is 12.0. The molecule has 104 valence electrons. The van der Waals surface area contributed by atoms with E-state index in [-0.39, 0.29) is 17.2 Å². The van der Waals surface area contributed by atoms with Crippen LogP contribution in [0.5, 0.6) is 5.75 Å². The lowest BCUT2D eigenvalue weighted by Gasteiger charge is -2.10. The number of hydrogen-bond donors (Lipinski definition) is 3. The first-order chi connectivity index (χ1) is 9.61. The van der Waals surface area contributed by atoms with Gasteiger partial charge in [0.1, 0.15) is 5.75 Å². The van der Waals surface area contributed by atoms with E-state index in [0.29, 0.717) is 18.1 Å². The Labute approximate surface area is 122 Å². The van der Waals surface area contributed by atoms with Crippen molar-refractivity contribution in [3.8, 4) is 5.75 Å². The highest BCUT2D eigenvalue weighted by Crippen LogP contribution is 2.21. The lowest BCUT2D eigenvalue weighted by Crippen LogP contribution is -2.23. The Bertz CT molecular complexity index is 629. The number of phenolic OH excluding ortho intramolecular Hbond substituents is 1. The summed E-state index contributed by atoms with van der Waals surface area (Å²) in [6.45, 7) is 0.770. The first-order valence-electron chi connectivity index (χ1n) is 6.15. The van der Waals surface area contributed by atoms with Crippen molar-refractivity contribution in [3.63, 3.8) is 0 Å². The molecule has 0 saturated heterocycles. The average molecular weight is 291 g/mol. The third kappa shape index (κ3) is 3.29. The van der Waals surface area contributed by atoms with Crippen LogP contribution in [0.15, 0.2) is 42.5 Å². The standard InChI is InChI=1S/C15H15ClN2O2/c16-12-5-6-13(14(19)7-12)15(20)18-9-11-4-2-1-3-10(11)8-17/h1-7,19H,8-9,17H2,(H,18,20). The van der Waals surface area contributed by atoms with Gasteiger partial charge in [-0.15, -0.1) is 0 Å². The molecule has 2 rings (SSSR count). The van der Waals surface area contributed by atoms with Gasteiger partial charge in [-0.2, -0.15) is 0 Å². The van der Waals surface area contributed by atoms with Crippen molar-refractivity contribution in [2.45, 2.75) is 13.1 Å². The van der Waals surface area contributed by atoms with Crippen molar-refractivity contribution in [3.05, 3.63) is 64.2 Å². The van der Waals surface area contributed by atoms with E-state index >= 15 is 0 Å². The number of hydrogen-bond acceptors (Lipinski definition) is 3. The topological polar surface area (TPSA) is 75.3 Å². The third-order valence-corrected chi connectivity index (χ3v) is 3.22. The van der Waals surface area contributed by atoms with Crippen molar-refractivity contribution in [1.82, 2.24) is 5.32 Å². The van der Waals surface area contributed by atoms with Crippen LogP contribution in [-0.2, 0) is 13.1 Å². The molecule has 20 heavy (non-hydrogen) atoms. The fourth-order valence-corrected chi connectivity index (χ4v) is 2.06. The molecule has 0 saturated carbocycles. The maximum atomic E-state index is 12.0. The number of phenols is 1. The summed E-state index contributed by atoms with van der Waals surface area (Å²) in [5, 5.41) is 12.8. The molecule has 0 bridgehead atoms. The van der Waals surface area contributed by atoms with Gasteiger partial charge in [0.05, 0.1) is 5.56 Å². The fraction of sp³-hybridized carbons (Fsp3) is 0.133. The van der Waals surface area contributed by atoms with Crippen molar-refractivity contribution < 1.29 is 9.90 Å². The lowest BCUT2D eigenvalue weighted by molar-refractivity contribution is 0.0948. The smallest absolute Gasteiger partial charge is 0.255 e. The summed E-state index contributed by atoms with van der Waals surface area (Å²) in [7, 11) is 0. The summed E-state index contributed by atoms with van der Waals surface area (Å²) >= 11 is 5.73. The molecule has 0 aliphatic rings. The van der Waals surface area contributed by atoms with Gasteiger partial charge >= 0.3 is 0 Å². The Morgan fingerprint density at radius 3 is 2.55 bits per heavy atom. The van der Waals surface area contributed by atoms with Crippen LogP contribution in [0.25, 0.3) is 0 Å². The van der Waals surface area contributed by atoms with E-state index in [4.69, 9.17) is 17.3 Å². The van der Waals surface area contributed by atoms with E-state index in [9.17, 15) is 9.90 Å². The Morgan fingerprint density at radius 1 is 1.20 bits per heavy atom. The SMILES string of the molecule is NCc1ccccc1CNC(=O)c1ccc(Cl)cc1O. The zero-order valence-electron chi connectivity index (χ0n) is 10.8. The van der Waals surface area contributed by atoms with Gasteiger partial charge in [-0.3, -0.25) is 4.79 Å². The summed E-state index contributed by atoms with van der Waals surface area (Å²) in [5.41, 5.74) is 7.77. The van der Waals surface area contributed by atoms with Gasteiger partial charge < -0.3 is 16.2 Å². The molecule has 0 fully saturated rings. The number of aromatic hydroxyl groups is 1. The minimum Gasteiger partial charge on any atom is -0.507 e.